The van der Waals surface area contributed by atoms with Crippen molar-refractivity contribution in [2.24, 2.45) is 5.92 Å². The summed E-state index contributed by atoms with van der Waals surface area (Å²) in [5.74, 6) is 0.568. The average molecular weight is 400 g/mol. The lowest BCUT2D eigenvalue weighted by molar-refractivity contribution is 0.461. The van der Waals surface area contributed by atoms with Gasteiger partial charge in [0.15, 0.2) is 0 Å². The zero-order valence-electron chi connectivity index (χ0n) is 19.2. The summed E-state index contributed by atoms with van der Waals surface area (Å²) < 4.78 is 0. The second-order valence-corrected chi connectivity index (χ2v) is 8.85. The van der Waals surface area contributed by atoms with E-state index in [4.69, 9.17) is 11.6 Å². The summed E-state index contributed by atoms with van der Waals surface area (Å²) in [6.45, 7) is 16.9. The van der Waals surface area contributed by atoms with Gasteiger partial charge in [-0.05, 0) is 74.3 Å². The highest BCUT2D eigenvalue weighted by molar-refractivity contribution is 6.33. The Hall–Kier alpha value is -1.47. The van der Waals surface area contributed by atoms with E-state index in [2.05, 4.69) is 78.6 Å². The highest BCUT2D eigenvalue weighted by Gasteiger charge is 2.22. The fourth-order valence-electron chi connectivity index (χ4n) is 4.47. The van der Waals surface area contributed by atoms with Crippen molar-refractivity contribution < 1.29 is 0 Å². The Balaban J connectivity index is 2.76. The number of hydrogen-bond acceptors (Lipinski definition) is 1. The van der Waals surface area contributed by atoms with Crippen LogP contribution < -0.4 is 0 Å². The van der Waals surface area contributed by atoms with Crippen molar-refractivity contribution in [2.75, 3.05) is 13.6 Å². The summed E-state index contributed by atoms with van der Waals surface area (Å²) in [5, 5.41) is 0.857. The molecule has 0 N–H and O–H groups in total. The lowest BCUT2D eigenvalue weighted by atomic mass is 9.82. The van der Waals surface area contributed by atoms with Crippen molar-refractivity contribution in [1.29, 1.82) is 0 Å². The Morgan fingerprint density at radius 1 is 1.14 bits per heavy atom. The third-order valence-corrected chi connectivity index (χ3v) is 6.55. The minimum Gasteiger partial charge on any atom is -0.374 e. The SMILES string of the molecule is CCCC/C(=C(/CC)C(C)C)c1ccc(Cl)c(C2=C(C)N(C)CC=C2C)c1C. The smallest absolute Gasteiger partial charge is 0.0488 e. The van der Waals surface area contributed by atoms with Crippen LogP contribution in [0, 0.1) is 12.8 Å². The van der Waals surface area contributed by atoms with Crippen LogP contribution in [0.25, 0.3) is 11.1 Å². The van der Waals surface area contributed by atoms with Gasteiger partial charge in [-0.1, -0.05) is 63.4 Å². The van der Waals surface area contributed by atoms with Gasteiger partial charge in [0.25, 0.3) is 0 Å². The number of allylic oxidation sites excluding steroid dienone is 5. The standard InChI is InChI=1S/C26H38ClN/c1-9-11-12-23(21(10-2)17(3)4)22-13-14-24(27)26(19(22)6)25-18(5)15-16-28(8)20(25)7/h13-15,17H,9-12,16H2,1-8H3/b23-21+. The fraction of sp³-hybridized carbons (Fsp3) is 0.538. The minimum atomic E-state index is 0.568. The summed E-state index contributed by atoms with van der Waals surface area (Å²) in [5.41, 5.74) is 11.0. The topological polar surface area (TPSA) is 3.24 Å². The molecule has 0 unspecified atom stereocenters. The van der Waals surface area contributed by atoms with E-state index >= 15 is 0 Å². The van der Waals surface area contributed by atoms with Crippen LogP contribution in [0.3, 0.4) is 0 Å². The van der Waals surface area contributed by atoms with Crippen molar-refractivity contribution >= 4 is 22.7 Å². The zero-order valence-corrected chi connectivity index (χ0v) is 19.9. The van der Waals surface area contributed by atoms with Gasteiger partial charge in [0.05, 0.1) is 0 Å². The second-order valence-electron chi connectivity index (χ2n) is 8.44. The van der Waals surface area contributed by atoms with Crippen LogP contribution in [0.15, 0.2) is 35.1 Å². The highest BCUT2D eigenvalue weighted by Crippen LogP contribution is 2.41. The van der Waals surface area contributed by atoms with Crippen LogP contribution in [0.4, 0.5) is 0 Å². The van der Waals surface area contributed by atoms with Crippen molar-refractivity contribution in [2.45, 2.75) is 74.1 Å². The summed E-state index contributed by atoms with van der Waals surface area (Å²) in [6, 6.07) is 4.37. The van der Waals surface area contributed by atoms with E-state index in [0.717, 1.165) is 24.4 Å². The zero-order chi connectivity index (χ0) is 21.0. The van der Waals surface area contributed by atoms with Crippen LogP contribution in [0.1, 0.15) is 83.9 Å². The van der Waals surface area contributed by atoms with Gasteiger partial charge < -0.3 is 4.90 Å². The van der Waals surface area contributed by atoms with E-state index in [9.17, 15) is 0 Å². The predicted octanol–water partition coefficient (Wildman–Crippen LogP) is 8.28. The Morgan fingerprint density at radius 3 is 2.39 bits per heavy atom. The number of halogens is 1. The molecule has 0 spiro atoms. The van der Waals surface area contributed by atoms with Gasteiger partial charge in [0, 0.05) is 35.4 Å². The molecule has 0 bridgehead atoms. The maximum atomic E-state index is 6.80. The van der Waals surface area contributed by atoms with Crippen molar-refractivity contribution in [3.8, 4) is 0 Å². The number of benzene rings is 1. The third-order valence-electron chi connectivity index (χ3n) is 6.24. The molecule has 1 aromatic rings. The molecule has 1 aliphatic heterocycles. The lowest BCUT2D eigenvalue weighted by Gasteiger charge is -2.30. The number of nitrogens with zero attached hydrogens (tertiary/aromatic N) is 1. The van der Waals surface area contributed by atoms with E-state index < -0.39 is 0 Å². The van der Waals surface area contributed by atoms with Crippen molar-refractivity contribution in [1.82, 2.24) is 4.90 Å². The monoisotopic (exact) mass is 399 g/mol. The molecule has 0 aromatic heterocycles. The Bertz CT molecular complexity index is 808. The molecule has 0 fully saturated rings. The molecule has 0 amide bonds. The minimum absolute atomic E-state index is 0.568. The number of rotatable bonds is 7. The third kappa shape index (κ3) is 4.57. The molecule has 0 radical (unpaired) electrons. The number of hydrogen-bond donors (Lipinski definition) is 0. The number of unbranched alkanes of at least 4 members (excludes halogenated alkanes) is 1. The predicted molar refractivity (Wildman–Crippen MR) is 127 cm³/mol. The van der Waals surface area contributed by atoms with E-state index in [-0.39, 0.29) is 0 Å². The molecule has 0 aliphatic carbocycles. The maximum absolute atomic E-state index is 6.80. The molecule has 1 heterocycles. The van der Waals surface area contributed by atoms with E-state index in [0.29, 0.717) is 5.92 Å². The summed E-state index contributed by atoms with van der Waals surface area (Å²) in [7, 11) is 2.16. The van der Waals surface area contributed by atoms with Gasteiger partial charge in [-0.15, -0.1) is 0 Å². The highest BCUT2D eigenvalue weighted by atomic mass is 35.5. The van der Waals surface area contributed by atoms with Crippen LogP contribution in [0.2, 0.25) is 5.02 Å². The quantitative estimate of drug-likeness (QED) is 0.445. The van der Waals surface area contributed by atoms with E-state index in [1.165, 1.54) is 46.4 Å². The van der Waals surface area contributed by atoms with Crippen LogP contribution in [-0.2, 0) is 0 Å². The Morgan fingerprint density at radius 2 is 1.82 bits per heavy atom. The molecule has 154 valence electrons. The van der Waals surface area contributed by atoms with Crippen LogP contribution in [0.5, 0.6) is 0 Å². The maximum Gasteiger partial charge on any atom is 0.0488 e. The first-order valence-electron chi connectivity index (χ1n) is 10.8. The first kappa shape index (κ1) is 22.8. The first-order valence-corrected chi connectivity index (χ1v) is 11.2. The first-order chi connectivity index (χ1) is 13.2. The van der Waals surface area contributed by atoms with Crippen LogP contribution in [-0.4, -0.2) is 18.5 Å². The lowest BCUT2D eigenvalue weighted by Crippen LogP contribution is -2.21. The van der Waals surface area contributed by atoms with Gasteiger partial charge in [-0.2, -0.15) is 0 Å². The van der Waals surface area contributed by atoms with Gasteiger partial charge in [0.2, 0.25) is 0 Å². The second kappa shape index (κ2) is 9.83. The van der Waals surface area contributed by atoms with Gasteiger partial charge in [-0.25, -0.2) is 0 Å². The van der Waals surface area contributed by atoms with E-state index in [1.807, 2.05) is 0 Å². The molecular weight excluding hydrogens is 362 g/mol. The molecule has 1 aliphatic rings. The molecule has 1 aromatic carbocycles. The number of likely N-dealkylation sites (N-methyl/N-ethyl adjacent to an activating group) is 1. The van der Waals surface area contributed by atoms with Crippen molar-refractivity contribution in [3.63, 3.8) is 0 Å². The van der Waals surface area contributed by atoms with Crippen LogP contribution >= 0.6 is 11.6 Å². The molecular formula is C26H38ClN. The molecule has 2 heteroatoms. The molecule has 0 saturated carbocycles. The normalized spacial score (nSPS) is 15.9. The Kier molecular flexibility index (Phi) is 8.01. The van der Waals surface area contributed by atoms with E-state index in [1.54, 1.807) is 11.1 Å². The van der Waals surface area contributed by atoms with Gasteiger partial charge in [-0.3, -0.25) is 0 Å². The fourth-order valence-corrected chi connectivity index (χ4v) is 4.77. The molecule has 0 atom stereocenters. The Labute approximate surface area is 178 Å². The molecule has 1 nitrogen and oxygen atoms in total. The molecule has 28 heavy (non-hydrogen) atoms. The van der Waals surface area contributed by atoms with Gasteiger partial charge in [0.1, 0.15) is 0 Å². The summed E-state index contributed by atoms with van der Waals surface area (Å²) in [6.07, 6.45) is 7.01. The molecule has 2 rings (SSSR count). The molecule has 0 saturated heterocycles. The van der Waals surface area contributed by atoms with Gasteiger partial charge >= 0.3 is 0 Å². The van der Waals surface area contributed by atoms with Crippen molar-refractivity contribution in [3.05, 3.63) is 56.8 Å². The summed E-state index contributed by atoms with van der Waals surface area (Å²) >= 11 is 6.80. The summed E-state index contributed by atoms with van der Waals surface area (Å²) in [4.78, 5) is 2.31. The average Bonchev–Trinajstić information content (AvgIpc) is 2.64. The largest absolute Gasteiger partial charge is 0.374 e.